The molecule has 3 heteroatoms. The van der Waals surface area contributed by atoms with Crippen molar-refractivity contribution in [2.24, 2.45) is 0 Å². The summed E-state index contributed by atoms with van der Waals surface area (Å²) < 4.78 is 2.36. The fourth-order valence-electron chi connectivity index (χ4n) is 7.57. The third-order valence-electron chi connectivity index (χ3n) is 9.98. The number of benzene rings is 7. The number of hydrogen-bond donors (Lipinski definition) is 0. The third-order valence-corrected chi connectivity index (χ3v) is 9.98. The maximum Gasteiger partial charge on any atom is 0.160 e. The molecule has 0 bridgehead atoms. The first kappa shape index (κ1) is 27.8. The van der Waals surface area contributed by atoms with Crippen LogP contribution in [0.25, 0.3) is 88.0 Å². The van der Waals surface area contributed by atoms with Crippen LogP contribution in [0.4, 0.5) is 0 Å². The van der Waals surface area contributed by atoms with Crippen molar-refractivity contribution in [1.29, 1.82) is 0 Å². The van der Waals surface area contributed by atoms with Crippen molar-refractivity contribution in [2.75, 3.05) is 0 Å². The van der Waals surface area contributed by atoms with Crippen LogP contribution in [0.5, 0.6) is 0 Å². The second-order valence-corrected chi connectivity index (χ2v) is 12.9. The van der Waals surface area contributed by atoms with Crippen molar-refractivity contribution in [3.8, 4) is 28.2 Å². The van der Waals surface area contributed by atoms with Gasteiger partial charge in [0.1, 0.15) is 0 Å². The van der Waals surface area contributed by atoms with Gasteiger partial charge in [0, 0.05) is 32.8 Å². The van der Waals surface area contributed by atoms with E-state index in [0.717, 1.165) is 46.2 Å². The Labute approximate surface area is 284 Å². The summed E-state index contributed by atoms with van der Waals surface area (Å²) in [5, 5.41) is 8.31. The number of allylic oxidation sites excluding steroid dienone is 4. The number of nitrogens with zero attached hydrogens (tertiary/aromatic N) is 3. The molecule has 0 aliphatic heterocycles. The summed E-state index contributed by atoms with van der Waals surface area (Å²) in [4.78, 5) is 10.4. The molecule has 230 valence electrons. The first-order valence-electron chi connectivity index (χ1n) is 17.0. The van der Waals surface area contributed by atoms with E-state index in [0.29, 0.717) is 0 Å². The Balaban J connectivity index is 1.09. The highest BCUT2D eigenvalue weighted by molar-refractivity contribution is 6.11. The minimum Gasteiger partial charge on any atom is -0.309 e. The van der Waals surface area contributed by atoms with Crippen molar-refractivity contribution < 1.29 is 0 Å². The normalized spacial score (nSPS) is 13.2. The summed E-state index contributed by atoms with van der Waals surface area (Å²) in [5.74, 6) is 0.755. The van der Waals surface area contributed by atoms with E-state index in [-0.39, 0.29) is 0 Å². The molecule has 0 radical (unpaired) electrons. The van der Waals surface area contributed by atoms with Gasteiger partial charge in [0.25, 0.3) is 0 Å². The average Bonchev–Trinajstić information content (AvgIpc) is 3.51. The van der Waals surface area contributed by atoms with Gasteiger partial charge in [0.15, 0.2) is 5.82 Å². The van der Waals surface area contributed by atoms with E-state index < -0.39 is 0 Å². The number of para-hydroxylation sites is 2. The third kappa shape index (κ3) is 4.58. The van der Waals surface area contributed by atoms with E-state index in [1.807, 2.05) is 0 Å². The fraction of sp³-hybridized carbons (Fsp3) is 0.0435. The Morgan fingerprint density at radius 1 is 0.469 bits per heavy atom. The molecular weight excluding hydrogens is 595 g/mol. The maximum absolute atomic E-state index is 5.22. The first-order chi connectivity index (χ1) is 24.3. The molecule has 7 aromatic carbocycles. The monoisotopic (exact) mass is 625 g/mol. The molecule has 2 aromatic heterocycles. The first-order valence-corrected chi connectivity index (χ1v) is 17.0. The number of fused-ring (bicyclic) bond motifs is 7. The molecule has 1 aliphatic rings. The molecule has 3 nitrogen and oxygen atoms in total. The molecule has 10 rings (SSSR count). The lowest BCUT2D eigenvalue weighted by molar-refractivity contribution is 1.04. The van der Waals surface area contributed by atoms with Crippen LogP contribution in [0.2, 0.25) is 0 Å². The molecule has 0 spiro atoms. The summed E-state index contributed by atoms with van der Waals surface area (Å²) in [6.45, 7) is 0. The minimum atomic E-state index is 0.755. The van der Waals surface area contributed by atoms with Gasteiger partial charge < -0.3 is 4.57 Å². The van der Waals surface area contributed by atoms with Gasteiger partial charge in [0.05, 0.1) is 22.2 Å². The molecular formula is C46H31N3. The quantitative estimate of drug-likeness (QED) is 0.182. The van der Waals surface area contributed by atoms with Crippen molar-refractivity contribution in [1.82, 2.24) is 14.5 Å². The highest BCUT2D eigenvalue weighted by Gasteiger charge is 2.16. The van der Waals surface area contributed by atoms with Gasteiger partial charge in [-0.25, -0.2) is 9.97 Å². The van der Waals surface area contributed by atoms with Gasteiger partial charge in [-0.2, -0.15) is 0 Å². The van der Waals surface area contributed by atoms with Crippen LogP contribution in [0, 0.1) is 0 Å². The Morgan fingerprint density at radius 3 is 2.02 bits per heavy atom. The predicted molar refractivity (Wildman–Crippen MR) is 206 cm³/mol. The van der Waals surface area contributed by atoms with E-state index >= 15 is 0 Å². The zero-order chi connectivity index (χ0) is 32.3. The largest absolute Gasteiger partial charge is 0.309 e. The van der Waals surface area contributed by atoms with Crippen LogP contribution in [-0.2, 0) is 0 Å². The van der Waals surface area contributed by atoms with E-state index in [2.05, 4.69) is 168 Å². The van der Waals surface area contributed by atoms with Crippen molar-refractivity contribution in [3.63, 3.8) is 0 Å². The summed E-state index contributed by atoms with van der Waals surface area (Å²) in [5.41, 5.74) is 10.2. The molecule has 0 N–H and O–H groups in total. The zero-order valence-electron chi connectivity index (χ0n) is 26.8. The summed E-state index contributed by atoms with van der Waals surface area (Å²) in [7, 11) is 0. The lowest BCUT2D eigenvalue weighted by Gasteiger charge is -2.14. The average molecular weight is 626 g/mol. The van der Waals surface area contributed by atoms with Crippen LogP contribution in [0.1, 0.15) is 18.5 Å². The molecule has 0 saturated heterocycles. The maximum atomic E-state index is 5.22. The van der Waals surface area contributed by atoms with Crippen molar-refractivity contribution >= 4 is 59.8 Å². The smallest absolute Gasteiger partial charge is 0.160 e. The second-order valence-electron chi connectivity index (χ2n) is 12.9. The standard InChI is InChI=1S/C46H31N3/c1-3-12-31(13-4-1)44-40-25-23-30-11-7-8-16-38(30)45(40)48-46(47-44)36-22-21-32-27-33(19-20-34(32)28-36)35-24-26-43-41(29-35)39-17-9-10-18-42(39)49(43)37-14-5-2-6-15-37/h2-3,5-29H,1,4H2. The van der Waals surface area contributed by atoms with Gasteiger partial charge in [0.2, 0.25) is 0 Å². The molecule has 0 unspecified atom stereocenters. The Hall–Kier alpha value is -6.32. The lowest BCUT2D eigenvalue weighted by Crippen LogP contribution is -1.99. The molecule has 1 aliphatic carbocycles. The number of aromatic nitrogens is 3. The van der Waals surface area contributed by atoms with Crippen LogP contribution < -0.4 is 0 Å². The number of hydrogen-bond acceptors (Lipinski definition) is 2. The topological polar surface area (TPSA) is 30.7 Å². The van der Waals surface area contributed by atoms with Crippen LogP contribution in [-0.4, -0.2) is 14.5 Å². The minimum absolute atomic E-state index is 0.755. The van der Waals surface area contributed by atoms with Gasteiger partial charge in [-0.05, 0) is 94.2 Å². The van der Waals surface area contributed by atoms with Crippen molar-refractivity contribution in [2.45, 2.75) is 12.8 Å². The molecule has 2 heterocycles. The Kier molecular flexibility index (Phi) is 6.31. The zero-order valence-corrected chi connectivity index (χ0v) is 26.8. The van der Waals surface area contributed by atoms with E-state index in [9.17, 15) is 0 Å². The fourth-order valence-corrected chi connectivity index (χ4v) is 7.57. The number of rotatable bonds is 4. The molecule has 0 saturated carbocycles. The summed E-state index contributed by atoms with van der Waals surface area (Å²) in [6.07, 6.45) is 8.86. The summed E-state index contributed by atoms with van der Waals surface area (Å²) in [6, 6.07) is 52.4. The van der Waals surface area contributed by atoms with E-state index in [1.54, 1.807) is 0 Å². The molecule has 0 atom stereocenters. The van der Waals surface area contributed by atoms with Gasteiger partial charge in [-0.15, -0.1) is 0 Å². The van der Waals surface area contributed by atoms with Gasteiger partial charge in [-0.3, -0.25) is 0 Å². The van der Waals surface area contributed by atoms with E-state index in [1.165, 1.54) is 60.4 Å². The Bertz CT molecular complexity index is 2820. The Morgan fingerprint density at radius 2 is 1.16 bits per heavy atom. The molecule has 0 amide bonds. The molecule has 0 fully saturated rings. The highest BCUT2D eigenvalue weighted by atomic mass is 15.0. The van der Waals surface area contributed by atoms with Crippen LogP contribution in [0.15, 0.2) is 164 Å². The lowest BCUT2D eigenvalue weighted by atomic mass is 9.97. The van der Waals surface area contributed by atoms with Crippen molar-refractivity contribution in [3.05, 3.63) is 170 Å². The van der Waals surface area contributed by atoms with Crippen LogP contribution in [0.3, 0.4) is 0 Å². The van der Waals surface area contributed by atoms with Crippen LogP contribution >= 0.6 is 0 Å². The van der Waals surface area contributed by atoms with Gasteiger partial charge in [-0.1, -0.05) is 115 Å². The molecule has 9 aromatic rings. The molecule has 49 heavy (non-hydrogen) atoms. The SMILES string of the molecule is C1=CC(c2nc(-c3ccc4cc(-c5ccc6c(c5)c5ccccc5n6-c5ccccc5)ccc4c3)nc3c2ccc2ccccc23)=CCC1. The van der Waals surface area contributed by atoms with E-state index in [4.69, 9.17) is 9.97 Å². The second kappa shape index (κ2) is 11.1. The van der Waals surface area contributed by atoms with Gasteiger partial charge >= 0.3 is 0 Å². The highest BCUT2D eigenvalue weighted by Crippen LogP contribution is 2.37. The summed E-state index contributed by atoms with van der Waals surface area (Å²) >= 11 is 0. The predicted octanol–water partition coefficient (Wildman–Crippen LogP) is 12.1.